The van der Waals surface area contributed by atoms with Crippen LogP contribution in [0.3, 0.4) is 0 Å². The van der Waals surface area contributed by atoms with Crippen molar-refractivity contribution in [3.05, 3.63) is 76.1 Å². The molecule has 0 fully saturated rings. The second-order valence-corrected chi connectivity index (χ2v) is 7.04. The van der Waals surface area contributed by atoms with Gasteiger partial charge in [-0.05, 0) is 38.5 Å². The molecule has 0 amide bonds. The highest BCUT2D eigenvalue weighted by molar-refractivity contribution is 5.62. The van der Waals surface area contributed by atoms with Gasteiger partial charge >= 0.3 is 12.4 Å². The minimum atomic E-state index is -4.94. The Bertz CT molecular complexity index is 993. The van der Waals surface area contributed by atoms with Crippen molar-refractivity contribution in [1.29, 1.82) is 0 Å². The van der Waals surface area contributed by atoms with Gasteiger partial charge in [-0.15, -0.1) is 0 Å². The second kappa shape index (κ2) is 10.2. The Kier molecular flexibility index (Phi) is 8.12. The first-order valence-corrected chi connectivity index (χ1v) is 9.59. The van der Waals surface area contributed by atoms with E-state index in [2.05, 4.69) is 11.6 Å². The summed E-state index contributed by atoms with van der Waals surface area (Å²) in [5.41, 5.74) is -0.0640. The van der Waals surface area contributed by atoms with Crippen LogP contribution in [0.4, 0.5) is 26.3 Å². The fourth-order valence-corrected chi connectivity index (χ4v) is 3.00. The Balaban J connectivity index is 2.16. The largest absolute Gasteiger partial charge is 0.489 e. The maximum Gasteiger partial charge on any atom is 0.416 e. The lowest BCUT2D eigenvalue weighted by atomic mass is 10.0. The van der Waals surface area contributed by atoms with E-state index in [9.17, 15) is 26.3 Å². The summed E-state index contributed by atoms with van der Waals surface area (Å²) in [6.07, 6.45) is -4.94. The molecule has 9 heteroatoms. The molecule has 0 spiro atoms. The molecule has 0 radical (unpaired) electrons. The van der Waals surface area contributed by atoms with Gasteiger partial charge in [0.15, 0.2) is 0 Å². The van der Waals surface area contributed by atoms with E-state index in [-0.39, 0.29) is 24.8 Å². The lowest BCUT2D eigenvalue weighted by molar-refractivity contribution is -0.143. The van der Waals surface area contributed by atoms with E-state index in [4.69, 9.17) is 9.47 Å². The van der Waals surface area contributed by atoms with Crippen LogP contribution in [0.1, 0.15) is 39.2 Å². The van der Waals surface area contributed by atoms with Crippen LogP contribution < -0.4 is 4.74 Å². The quantitative estimate of drug-likeness (QED) is 0.246. The molecule has 0 atom stereocenters. The Morgan fingerprint density at radius 1 is 0.969 bits per heavy atom. The third-order valence-corrected chi connectivity index (χ3v) is 4.70. The number of pyridine rings is 1. The standard InChI is InChI=1S/C23H23F6NO2/c1-5-10-32-21-14(2)15(3)30-16(4)19(21)7-6-11-31-13-17-8-9-18(22(24,25)26)12-20(17)23(27,28)29/h5-9,12H,1,10-11,13H2,2-4H3/b7-6+. The molecule has 0 unspecified atom stereocenters. The van der Waals surface area contributed by atoms with E-state index in [1.165, 1.54) is 0 Å². The van der Waals surface area contributed by atoms with E-state index < -0.39 is 30.1 Å². The molecule has 1 aromatic heterocycles. The van der Waals surface area contributed by atoms with E-state index in [1.807, 2.05) is 13.8 Å². The summed E-state index contributed by atoms with van der Waals surface area (Å²) in [5, 5.41) is 0. The van der Waals surface area contributed by atoms with Crippen molar-refractivity contribution in [3.8, 4) is 5.75 Å². The molecule has 0 saturated heterocycles. The Morgan fingerprint density at radius 3 is 2.25 bits per heavy atom. The van der Waals surface area contributed by atoms with Gasteiger partial charge in [-0.3, -0.25) is 4.98 Å². The van der Waals surface area contributed by atoms with Gasteiger partial charge in [-0.25, -0.2) is 0 Å². The number of nitrogens with zero attached hydrogens (tertiary/aromatic N) is 1. The van der Waals surface area contributed by atoms with Crippen LogP contribution in [0.2, 0.25) is 0 Å². The monoisotopic (exact) mass is 459 g/mol. The maximum absolute atomic E-state index is 13.2. The number of hydrogen-bond donors (Lipinski definition) is 0. The van der Waals surface area contributed by atoms with Gasteiger partial charge in [0, 0.05) is 22.5 Å². The van der Waals surface area contributed by atoms with Gasteiger partial charge in [-0.1, -0.05) is 30.9 Å². The van der Waals surface area contributed by atoms with Crippen molar-refractivity contribution < 1.29 is 35.8 Å². The minimum absolute atomic E-state index is 0.0639. The van der Waals surface area contributed by atoms with E-state index in [0.29, 0.717) is 23.1 Å². The number of rotatable bonds is 8. The van der Waals surface area contributed by atoms with Gasteiger partial charge in [-0.2, -0.15) is 26.3 Å². The summed E-state index contributed by atoms with van der Waals surface area (Å²) < 4.78 is 88.9. The van der Waals surface area contributed by atoms with E-state index in [1.54, 1.807) is 25.2 Å². The molecule has 0 aliphatic rings. The van der Waals surface area contributed by atoms with Crippen LogP contribution in [0, 0.1) is 20.8 Å². The smallest absolute Gasteiger partial charge is 0.416 e. The van der Waals surface area contributed by atoms with E-state index in [0.717, 1.165) is 17.3 Å². The molecule has 1 aromatic carbocycles. The predicted octanol–water partition coefficient (Wildman–Crippen LogP) is 6.84. The molecule has 0 N–H and O–H groups in total. The molecule has 1 heterocycles. The molecule has 0 aliphatic carbocycles. The number of aromatic nitrogens is 1. The zero-order valence-electron chi connectivity index (χ0n) is 17.8. The van der Waals surface area contributed by atoms with Crippen LogP contribution in [0.15, 0.2) is 36.9 Å². The first-order valence-electron chi connectivity index (χ1n) is 9.59. The molecule has 0 bridgehead atoms. The lowest BCUT2D eigenvalue weighted by Gasteiger charge is -2.16. The molecule has 174 valence electrons. The molecule has 2 aromatic rings. The minimum Gasteiger partial charge on any atom is -0.489 e. The van der Waals surface area contributed by atoms with Gasteiger partial charge in [0.25, 0.3) is 0 Å². The topological polar surface area (TPSA) is 31.4 Å². The summed E-state index contributed by atoms with van der Waals surface area (Å²) in [4.78, 5) is 4.44. The second-order valence-electron chi connectivity index (χ2n) is 7.04. The zero-order chi connectivity index (χ0) is 24.1. The summed E-state index contributed by atoms with van der Waals surface area (Å²) in [6.45, 7) is 8.85. The normalized spacial score (nSPS) is 12.4. The van der Waals surface area contributed by atoms with Crippen LogP contribution in [0.25, 0.3) is 6.08 Å². The van der Waals surface area contributed by atoms with Crippen molar-refractivity contribution >= 4 is 6.08 Å². The molecule has 2 rings (SSSR count). The van der Waals surface area contributed by atoms with Gasteiger partial charge in [0.2, 0.25) is 0 Å². The number of ether oxygens (including phenoxy) is 2. The van der Waals surface area contributed by atoms with Gasteiger partial charge in [0.1, 0.15) is 12.4 Å². The average molecular weight is 459 g/mol. The number of aryl methyl sites for hydroxylation is 2. The first-order chi connectivity index (χ1) is 14.9. The number of halogens is 6. The van der Waals surface area contributed by atoms with Crippen molar-refractivity contribution in [2.75, 3.05) is 13.2 Å². The van der Waals surface area contributed by atoms with Crippen molar-refractivity contribution in [3.63, 3.8) is 0 Å². The molecule has 3 nitrogen and oxygen atoms in total. The van der Waals surface area contributed by atoms with Crippen LogP contribution in [-0.2, 0) is 23.7 Å². The maximum atomic E-state index is 13.2. The molecule has 0 aliphatic heterocycles. The van der Waals surface area contributed by atoms with E-state index >= 15 is 0 Å². The fourth-order valence-electron chi connectivity index (χ4n) is 3.00. The molecular formula is C23H23F6NO2. The van der Waals surface area contributed by atoms with Gasteiger partial charge < -0.3 is 9.47 Å². The summed E-state index contributed by atoms with van der Waals surface area (Å²) in [7, 11) is 0. The Morgan fingerprint density at radius 2 is 1.66 bits per heavy atom. The van der Waals surface area contributed by atoms with Crippen LogP contribution >= 0.6 is 0 Å². The molecular weight excluding hydrogens is 436 g/mol. The number of alkyl halides is 6. The lowest BCUT2D eigenvalue weighted by Crippen LogP contribution is -2.14. The van der Waals surface area contributed by atoms with Crippen LogP contribution in [0.5, 0.6) is 5.75 Å². The third-order valence-electron chi connectivity index (χ3n) is 4.70. The van der Waals surface area contributed by atoms with Crippen molar-refractivity contribution in [1.82, 2.24) is 4.98 Å². The Labute approximate surface area is 182 Å². The Hall–Kier alpha value is -2.81. The molecule has 32 heavy (non-hydrogen) atoms. The predicted molar refractivity (Wildman–Crippen MR) is 109 cm³/mol. The first kappa shape index (κ1) is 25.5. The van der Waals surface area contributed by atoms with Gasteiger partial charge in [0.05, 0.1) is 24.3 Å². The summed E-state index contributed by atoms with van der Waals surface area (Å²) in [5.74, 6) is 0.619. The highest BCUT2D eigenvalue weighted by atomic mass is 19.4. The van der Waals surface area contributed by atoms with Crippen molar-refractivity contribution in [2.24, 2.45) is 0 Å². The fraction of sp³-hybridized carbons (Fsp3) is 0.348. The highest BCUT2D eigenvalue weighted by Crippen LogP contribution is 2.37. The number of hydrogen-bond acceptors (Lipinski definition) is 3. The third kappa shape index (κ3) is 6.35. The summed E-state index contributed by atoms with van der Waals surface area (Å²) in [6, 6.07) is 1.49. The zero-order valence-corrected chi connectivity index (χ0v) is 17.8. The average Bonchev–Trinajstić information content (AvgIpc) is 2.69. The number of benzene rings is 1. The van der Waals surface area contributed by atoms with Crippen LogP contribution in [-0.4, -0.2) is 18.2 Å². The SMILES string of the molecule is C=CCOc1c(C)c(C)nc(C)c1/C=C/COCc1ccc(C(F)(F)F)cc1C(F)(F)F. The molecule has 0 saturated carbocycles. The highest BCUT2D eigenvalue weighted by Gasteiger charge is 2.38. The summed E-state index contributed by atoms with van der Waals surface area (Å²) >= 11 is 0. The van der Waals surface area contributed by atoms with Crippen molar-refractivity contribution in [2.45, 2.75) is 39.7 Å².